The predicted molar refractivity (Wildman–Crippen MR) is 201 cm³/mol. The van der Waals surface area contributed by atoms with E-state index in [1.54, 1.807) is 11.9 Å². The summed E-state index contributed by atoms with van der Waals surface area (Å²) in [6, 6.07) is 25.1. The number of ether oxygens (including phenoxy) is 7. The van der Waals surface area contributed by atoms with Gasteiger partial charge in [0.2, 0.25) is 0 Å². The molecule has 1 amide bonds. The van der Waals surface area contributed by atoms with Crippen molar-refractivity contribution in [3.63, 3.8) is 0 Å². The van der Waals surface area contributed by atoms with E-state index in [0.29, 0.717) is 85.8 Å². The van der Waals surface area contributed by atoms with Gasteiger partial charge >= 0.3 is 6.09 Å². The Morgan fingerprint density at radius 1 is 0.588 bits per heavy atom. The molecule has 0 aromatic heterocycles. The normalized spacial score (nSPS) is 12.1. The standard InChI is InChI=1S/C42H59NO8/c1-3-4-5-6-7-8-13-35-18-20-36(21-19-35)50-33-32-49-31-30-48-29-28-47-27-26-46-25-24-45-23-22-43(2)42(44)51-34-41-39-16-11-9-14-37(39)38-15-10-12-17-40(38)41/h9-12,14-21,41H,3-8,13,22-34H2,1-2H3. The third-order valence-corrected chi connectivity index (χ3v) is 8.95. The maximum Gasteiger partial charge on any atom is 0.409 e. The van der Waals surface area contributed by atoms with E-state index < -0.39 is 0 Å². The highest BCUT2D eigenvalue weighted by atomic mass is 16.6. The molecular weight excluding hydrogens is 646 g/mol. The van der Waals surface area contributed by atoms with E-state index in [2.05, 4.69) is 43.3 Å². The van der Waals surface area contributed by atoms with E-state index in [9.17, 15) is 4.79 Å². The summed E-state index contributed by atoms with van der Waals surface area (Å²) in [4.78, 5) is 14.2. The van der Waals surface area contributed by atoms with Crippen LogP contribution in [-0.2, 0) is 34.8 Å². The summed E-state index contributed by atoms with van der Waals surface area (Å²) in [6.07, 6.45) is 8.71. The number of carbonyl (C=O) groups is 1. The third kappa shape index (κ3) is 15.0. The van der Waals surface area contributed by atoms with Crippen molar-refractivity contribution in [2.45, 2.75) is 57.8 Å². The van der Waals surface area contributed by atoms with Crippen LogP contribution in [0.15, 0.2) is 72.8 Å². The van der Waals surface area contributed by atoms with Crippen LogP contribution in [0, 0.1) is 0 Å². The van der Waals surface area contributed by atoms with Crippen LogP contribution < -0.4 is 4.74 Å². The van der Waals surface area contributed by atoms with Crippen LogP contribution in [0.1, 0.15) is 68.1 Å². The molecule has 0 saturated carbocycles. The molecule has 4 rings (SSSR count). The summed E-state index contributed by atoms with van der Waals surface area (Å²) < 4.78 is 39.4. The van der Waals surface area contributed by atoms with Gasteiger partial charge in [0.25, 0.3) is 0 Å². The molecule has 0 aliphatic heterocycles. The lowest BCUT2D eigenvalue weighted by molar-refractivity contribution is -0.0135. The second-order valence-corrected chi connectivity index (χ2v) is 12.8. The fourth-order valence-corrected chi connectivity index (χ4v) is 6.06. The maximum absolute atomic E-state index is 12.6. The number of nitrogens with zero attached hydrogens (tertiary/aromatic N) is 1. The van der Waals surface area contributed by atoms with Crippen molar-refractivity contribution in [2.75, 3.05) is 92.9 Å². The number of hydrogen-bond donors (Lipinski definition) is 0. The Morgan fingerprint density at radius 3 is 1.65 bits per heavy atom. The number of carbonyl (C=O) groups excluding carboxylic acids is 1. The Morgan fingerprint density at radius 2 is 1.08 bits per heavy atom. The smallest absolute Gasteiger partial charge is 0.409 e. The Bertz CT molecular complexity index is 1320. The monoisotopic (exact) mass is 705 g/mol. The Hall–Kier alpha value is -3.47. The molecule has 9 nitrogen and oxygen atoms in total. The number of fused-ring (bicyclic) bond motifs is 3. The molecule has 0 fully saturated rings. The van der Waals surface area contributed by atoms with Gasteiger partial charge in [0.1, 0.15) is 19.0 Å². The van der Waals surface area contributed by atoms with Crippen molar-refractivity contribution in [3.8, 4) is 16.9 Å². The maximum atomic E-state index is 12.6. The van der Waals surface area contributed by atoms with Crippen molar-refractivity contribution in [3.05, 3.63) is 89.5 Å². The fourth-order valence-electron chi connectivity index (χ4n) is 6.06. The zero-order valence-electron chi connectivity index (χ0n) is 30.9. The number of unbranched alkanes of at least 4 members (excludes halogenated alkanes) is 5. The zero-order valence-corrected chi connectivity index (χ0v) is 30.9. The molecule has 3 aromatic rings. The van der Waals surface area contributed by atoms with E-state index in [4.69, 9.17) is 33.2 Å². The number of amides is 1. The van der Waals surface area contributed by atoms with Crippen molar-refractivity contribution >= 4 is 6.09 Å². The van der Waals surface area contributed by atoms with Gasteiger partial charge in [0, 0.05) is 19.5 Å². The summed E-state index contributed by atoms with van der Waals surface area (Å²) in [7, 11) is 1.72. The largest absolute Gasteiger partial charge is 0.491 e. The molecule has 1 aliphatic carbocycles. The van der Waals surface area contributed by atoms with Crippen LogP contribution in [0.2, 0.25) is 0 Å². The van der Waals surface area contributed by atoms with Gasteiger partial charge in [-0.05, 0) is 52.8 Å². The predicted octanol–water partition coefficient (Wildman–Crippen LogP) is 7.93. The average Bonchev–Trinajstić information content (AvgIpc) is 3.48. The quantitative estimate of drug-likeness (QED) is 0.0705. The van der Waals surface area contributed by atoms with Crippen LogP contribution in [0.5, 0.6) is 5.75 Å². The van der Waals surface area contributed by atoms with Crippen molar-refractivity contribution < 1.29 is 38.0 Å². The van der Waals surface area contributed by atoms with E-state index in [0.717, 1.165) is 12.2 Å². The molecule has 0 saturated heterocycles. The van der Waals surface area contributed by atoms with E-state index in [-0.39, 0.29) is 12.0 Å². The van der Waals surface area contributed by atoms with Gasteiger partial charge in [-0.25, -0.2) is 4.79 Å². The highest BCUT2D eigenvalue weighted by Gasteiger charge is 2.29. The topological polar surface area (TPSA) is 84.9 Å². The molecule has 9 heteroatoms. The molecule has 1 aliphatic rings. The molecule has 0 atom stereocenters. The highest BCUT2D eigenvalue weighted by molar-refractivity contribution is 5.79. The van der Waals surface area contributed by atoms with Crippen LogP contribution in [0.4, 0.5) is 4.79 Å². The SMILES string of the molecule is CCCCCCCCc1ccc(OCCOCCOCCOCCOCCOCCN(C)C(=O)OCC2c3ccccc3-c3ccccc32)cc1. The van der Waals surface area contributed by atoms with Gasteiger partial charge < -0.3 is 38.1 Å². The minimum atomic E-state index is -0.356. The molecule has 0 N–H and O–H groups in total. The number of benzene rings is 3. The van der Waals surface area contributed by atoms with E-state index in [1.165, 1.54) is 66.3 Å². The minimum absolute atomic E-state index is 0.0456. The van der Waals surface area contributed by atoms with Gasteiger partial charge in [-0.3, -0.25) is 0 Å². The molecule has 0 unspecified atom stereocenters. The van der Waals surface area contributed by atoms with Crippen LogP contribution in [0.25, 0.3) is 11.1 Å². The average molecular weight is 706 g/mol. The molecular formula is C42H59NO8. The number of aryl methyl sites for hydroxylation is 1. The van der Waals surface area contributed by atoms with Crippen molar-refractivity contribution in [1.82, 2.24) is 4.90 Å². The molecule has 0 spiro atoms. The van der Waals surface area contributed by atoms with E-state index >= 15 is 0 Å². The highest BCUT2D eigenvalue weighted by Crippen LogP contribution is 2.44. The molecule has 0 bridgehead atoms. The Kier molecular flexibility index (Phi) is 19.5. The summed E-state index contributed by atoms with van der Waals surface area (Å²) in [6.45, 7) is 8.35. The lowest BCUT2D eigenvalue weighted by atomic mass is 9.98. The number of rotatable bonds is 28. The lowest BCUT2D eigenvalue weighted by Gasteiger charge is -2.19. The molecule has 0 heterocycles. The molecule has 0 radical (unpaired) electrons. The third-order valence-electron chi connectivity index (χ3n) is 8.95. The molecule has 3 aromatic carbocycles. The summed E-state index contributed by atoms with van der Waals surface area (Å²) in [5.74, 6) is 0.927. The molecule has 280 valence electrons. The van der Waals surface area contributed by atoms with Crippen molar-refractivity contribution in [1.29, 1.82) is 0 Å². The van der Waals surface area contributed by atoms with Gasteiger partial charge in [0.15, 0.2) is 0 Å². The second-order valence-electron chi connectivity index (χ2n) is 12.8. The van der Waals surface area contributed by atoms with Crippen LogP contribution in [0.3, 0.4) is 0 Å². The number of likely N-dealkylation sites (N-methyl/N-ethyl adjacent to an activating group) is 1. The first kappa shape index (κ1) is 40.3. The van der Waals surface area contributed by atoms with Crippen molar-refractivity contribution in [2.24, 2.45) is 0 Å². The first-order valence-electron chi connectivity index (χ1n) is 18.8. The first-order chi connectivity index (χ1) is 25.2. The lowest BCUT2D eigenvalue weighted by Crippen LogP contribution is -2.32. The number of hydrogen-bond acceptors (Lipinski definition) is 8. The van der Waals surface area contributed by atoms with Gasteiger partial charge in [0.05, 0.1) is 66.1 Å². The van der Waals surface area contributed by atoms with Crippen LogP contribution in [-0.4, -0.2) is 104 Å². The van der Waals surface area contributed by atoms with Gasteiger partial charge in [-0.1, -0.05) is 99.7 Å². The van der Waals surface area contributed by atoms with E-state index in [1.807, 2.05) is 36.4 Å². The van der Waals surface area contributed by atoms with Crippen LogP contribution >= 0.6 is 0 Å². The Balaban J connectivity index is 0.881. The van der Waals surface area contributed by atoms with Gasteiger partial charge in [-0.15, -0.1) is 0 Å². The zero-order chi connectivity index (χ0) is 35.8. The molecule has 51 heavy (non-hydrogen) atoms. The first-order valence-corrected chi connectivity index (χ1v) is 18.8. The summed E-state index contributed by atoms with van der Waals surface area (Å²) in [5.41, 5.74) is 6.20. The second kappa shape index (κ2) is 24.7. The fraction of sp³-hybridized carbons (Fsp3) is 0.548. The summed E-state index contributed by atoms with van der Waals surface area (Å²) >= 11 is 0. The van der Waals surface area contributed by atoms with Gasteiger partial charge in [-0.2, -0.15) is 0 Å². The minimum Gasteiger partial charge on any atom is -0.491 e. The summed E-state index contributed by atoms with van der Waals surface area (Å²) in [5, 5.41) is 0. The Labute approximate surface area is 305 Å².